The number of nitrogens with zero attached hydrogens (tertiary/aromatic N) is 1. The number of carbonyl (C=O) groups is 1. The van der Waals surface area contributed by atoms with Crippen LogP contribution in [0.15, 0.2) is 71.4 Å². The van der Waals surface area contributed by atoms with Crippen LogP contribution in [0, 0.1) is 0 Å². The molecule has 0 fully saturated rings. The fourth-order valence-corrected chi connectivity index (χ4v) is 3.40. The molecule has 0 saturated carbocycles. The van der Waals surface area contributed by atoms with Gasteiger partial charge in [-0.1, -0.05) is 36.4 Å². The maximum Gasteiger partial charge on any atom is 0.416 e. The maximum absolute atomic E-state index is 12.9. The molecule has 3 rings (SSSR count). The predicted octanol–water partition coefficient (Wildman–Crippen LogP) is 6.04. The summed E-state index contributed by atoms with van der Waals surface area (Å²) in [7, 11) is 0. The molecule has 146 valence electrons. The number of alkyl halides is 3. The Bertz CT molecular complexity index is 896. The molecule has 3 aromatic rings. The Morgan fingerprint density at radius 3 is 2.46 bits per heavy atom. The van der Waals surface area contributed by atoms with Crippen molar-refractivity contribution in [2.24, 2.45) is 0 Å². The Balaban J connectivity index is 1.72. The van der Waals surface area contributed by atoms with Crippen molar-refractivity contribution in [2.45, 2.75) is 19.1 Å². The average Bonchev–Trinajstić information content (AvgIpc) is 3.18. The van der Waals surface area contributed by atoms with Crippen LogP contribution < -0.4 is 5.32 Å². The highest BCUT2D eigenvalue weighted by molar-refractivity contribution is 7.07. The second-order valence-electron chi connectivity index (χ2n) is 6.30. The van der Waals surface area contributed by atoms with Crippen molar-refractivity contribution in [3.63, 3.8) is 0 Å². The minimum Gasteiger partial charge on any atom is -0.320 e. The van der Waals surface area contributed by atoms with E-state index in [2.05, 4.69) is 5.32 Å². The number of benzene rings is 2. The molecule has 1 aromatic heterocycles. The van der Waals surface area contributed by atoms with Crippen molar-refractivity contribution in [3.05, 3.63) is 88.1 Å². The van der Waals surface area contributed by atoms with E-state index in [0.717, 1.165) is 23.3 Å². The van der Waals surface area contributed by atoms with Crippen LogP contribution in [0.25, 0.3) is 0 Å². The van der Waals surface area contributed by atoms with Crippen LogP contribution in [0.1, 0.15) is 16.7 Å². The standard InChI is InChI=1S/C21H19F3N2OS/c22-21(23,24)18-7-4-8-19(13-18)25-20(27)26(14-17-10-12-28-15-17)11-9-16-5-2-1-3-6-16/h1-8,10,12-13,15H,9,11,14H2,(H,25,27). The summed E-state index contributed by atoms with van der Waals surface area (Å²) in [6.45, 7) is 0.839. The van der Waals surface area contributed by atoms with Gasteiger partial charge in [0.25, 0.3) is 0 Å². The average molecular weight is 404 g/mol. The molecular weight excluding hydrogens is 385 g/mol. The molecule has 7 heteroatoms. The summed E-state index contributed by atoms with van der Waals surface area (Å²) >= 11 is 1.53. The van der Waals surface area contributed by atoms with Gasteiger partial charge in [-0.2, -0.15) is 24.5 Å². The molecule has 1 N–H and O–H groups in total. The Labute approximate surface area is 165 Å². The van der Waals surface area contributed by atoms with E-state index in [1.54, 1.807) is 4.90 Å². The fraction of sp³-hybridized carbons (Fsp3) is 0.190. The van der Waals surface area contributed by atoms with Gasteiger partial charge in [0.2, 0.25) is 0 Å². The number of thiophene rings is 1. The molecule has 0 bridgehead atoms. The summed E-state index contributed by atoms with van der Waals surface area (Å²) in [6.07, 6.45) is -3.80. The molecular formula is C21H19F3N2OS. The van der Waals surface area contributed by atoms with Crippen molar-refractivity contribution in [3.8, 4) is 0 Å². The topological polar surface area (TPSA) is 32.3 Å². The number of hydrogen-bond acceptors (Lipinski definition) is 2. The highest BCUT2D eigenvalue weighted by Gasteiger charge is 2.30. The van der Waals surface area contributed by atoms with Crippen LogP contribution in [0.3, 0.4) is 0 Å². The van der Waals surface area contributed by atoms with Gasteiger partial charge in [-0.15, -0.1) is 0 Å². The first kappa shape index (κ1) is 19.9. The molecule has 2 amide bonds. The minimum absolute atomic E-state index is 0.120. The predicted molar refractivity (Wildman–Crippen MR) is 105 cm³/mol. The van der Waals surface area contributed by atoms with Gasteiger partial charge in [-0.05, 0) is 52.6 Å². The summed E-state index contributed by atoms with van der Waals surface area (Å²) in [5.41, 5.74) is 1.40. The lowest BCUT2D eigenvalue weighted by atomic mass is 10.1. The molecule has 0 saturated heterocycles. The summed E-state index contributed by atoms with van der Waals surface area (Å²) in [6, 6.07) is 15.9. The second kappa shape index (κ2) is 8.93. The van der Waals surface area contributed by atoms with E-state index in [-0.39, 0.29) is 5.69 Å². The summed E-state index contributed by atoms with van der Waals surface area (Å²) in [4.78, 5) is 14.4. The zero-order valence-corrected chi connectivity index (χ0v) is 15.8. The van der Waals surface area contributed by atoms with Gasteiger partial charge in [0.05, 0.1) is 5.56 Å². The maximum atomic E-state index is 12.9. The summed E-state index contributed by atoms with van der Waals surface area (Å²) in [5.74, 6) is 0. The minimum atomic E-state index is -4.45. The number of halogens is 3. The summed E-state index contributed by atoms with van der Waals surface area (Å²) < 4.78 is 38.7. The van der Waals surface area contributed by atoms with E-state index in [4.69, 9.17) is 0 Å². The number of rotatable bonds is 6. The van der Waals surface area contributed by atoms with E-state index in [9.17, 15) is 18.0 Å². The van der Waals surface area contributed by atoms with Gasteiger partial charge < -0.3 is 10.2 Å². The largest absolute Gasteiger partial charge is 0.416 e. The van der Waals surface area contributed by atoms with Crippen LogP contribution in [0.4, 0.5) is 23.7 Å². The van der Waals surface area contributed by atoms with Crippen molar-refractivity contribution >= 4 is 23.1 Å². The van der Waals surface area contributed by atoms with Gasteiger partial charge >= 0.3 is 12.2 Å². The van der Waals surface area contributed by atoms with Gasteiger partial charge in [0.15, 0.2) is 0 Å². The first-order valence-electron chi connectivity index (χ1n) is 8.70. The molecule has 0 aliphatic rings. The molecule has 28 heavy (non-hydrogen) atoms. The molecule has 0 unspecified atom stereocenters. The second-order valence-corrected chi connectivity index (χ2v) is 7.08. The lowest BCUT2D eigenvalue weighted by Gasteiger charge is -2.23. The van der Waals surface area contributed by atoms with E-state index in [1.807, 2.05) is 47.2 Å². The van der Waals surface area contributed by atoms with Crippen molar-refractivity contribution < 1.29 is 18.0 Å². The number of anilines is 1. The van der Waals surface area contributed by atoms with Crippen LogP contribution in [-0.2, 0) is 19.1 Å². The lowest BCUT2D eigenvalue weighted by molar-refractivity contribution is -0.137. The highest BCUT2D eigenvalue weighted by Crippen LogP contribution is 2.30. The number of hydrogen-bond donors (Lipinski definition) is 1. The molecule has 0 aliphatic carbocycles. The molecule has 2 aromatic carbocycles. The number of carbonyl (C=O) groups excluding carboxylic acids is 1. The highest BCUT2D eigenvalue weighted by atomic mass is 32.1. The molecule has 0 aliphatic heterocycles. The fourth-order valence-electron chi connectivity index (χ4n) is 2.74. The third kappa shape index (κ3) is 5.60. The number of urea groups is 1. The molecule has 0 spiro atoms. The Hall–Kier alpha value is -2.80. The van der Waals surface area contributed by atoms with Gasteiger partial charge in [-0.25, -0.2) is 4.79 Å². The molecule has 3 nitrogen and oxygen atoms in total. The lowest BCUT2D eigenvalue weighted by Crippen LogP contribution is -2.36. The number of amides is 2. The van der Waals surface area contributed by atoms with Crippen LogP contribution in [-0.4, -0.2) is 17.5 Å². The number of nitrogens with one attached hydrogen (secondary N) is 1. The van der Waals surface area contributed by atoms with Crippen molar-refractivity contribution in [1.82, 2.24) is 4.90 Å². The van der Waals surface area contributed by atoms with Crippen molar-refractivity contribution in [1.29, 1.82) is 0 Å². The molecule has 0 atom stereocenters. The summed E-state index contributed by atoms with van der Waals surface area (Å²) in [5, 5.41) is 6.47. The third-order valence-electron chi connectivity index (χ3n) is 4.20. The molecule has 0 radical (unpaired) electrons. The van der Waals surface area contributed by atoms with Gasteiger partial charge in [-0.3, -0.25) is 0 Å². The quantitative estimate of drug-likeness (QED) is 0.533. The third-order valence-corrected chi connectivity index (χ3v) is 4.93. The van der Waals surface area contributed by atoms with E-state index in [1.165, 1.54) is 23.5 Å². The van der Waals surface area contributed by atoms with E-state index < -0.39 is 17.8 Å². The normalized spacial score (nSPS) is 11.2. The van der Waals surface area contributed by atoms with Gasteiger partial charge in [0.1, 0.15) is 0 Å². The smallest absolute Gasteiger partial charge is 0.320 e. The SMILES string of the molecule is O=C(Nc1cccc(C(F)(F)F)c1)N(CCc1ccccc1)Cc1ccsc1. The Morgan fingerprint density at radius 2 is 1.79 bits per heavy atom. The zero-order chi connectivity index (χ0) is 20.0. The Kier molecular flexibility index (Phi) is 6.36. The monoisotopic (exact) mass is 404 g/mol. The van der Waals surface area contributed by atoms with E-state index >= 15 is 0 Å². The Morgan fingerprint density at radius 1 is 1.00 bits per heavy atom. The zero-order valence-electron chi connectivity index (χ0n) is 14.9. The van der Waals surface area contributed by atoms with E-state index in [0.29, 0.717) is 19.5 Å². The first-order chi connectivity index (χ1) is 13.4. The van der Waals surface area contributed by atoms with Crippen molar-refractivity contribution in [2.75, 3.05) is 11.9 Å². The van der Waals surface area contributed by atoms with Crippen LogP contribution in [0.5, 0.6) is 0 Å². The first-order valence-corrected chi connectivity index (χ1v) is 9.64. The van der Waals surface area contributed by atoms with Crippen LogP contribution >= 0.6 is 11.3 Å². The van der Waals surface area contributed by atoms with Gasteiger partial charge in [0, 0.05) is 18.8 Å². The van der Waals surface area contributed by atoms with Crippen LogP contribution in [0.2, 0.25) is 0 Å². The molecule has 1 heterocycles.